The molecule has 0 unspecified atom stereocenters. The zero-order chi connectivity index (χ0) is 6.41. The van der Waals surface area contributed by atoms with Gasteiger partial charge in [0.2, 0.25) is 0 Å². The second kappa shape index (κ2) is 5.38. The number of isothiocyanates is 1. The molecule has 0 aromatic carbocycles. The van der Waals surface area contributed by atoms with Crippen LogP contribution in [0.25, 0.3) is 0 Å². The third-order valence-corrected chi connectivity index (χ3v) is 1.57. The van der Waals surface area contributed by atoms with Crippen LogP contribution in [0.1, 0.15) is 6.92 Å². The molecule has 0 bridgehead atoms. The van der Waals surface area contributed by atoms with E-state index in [1.807, 2.05) is 6.92 Å². The Hall–Kier alpha value is 0.240. The van der Waals surface area contributed by atoms with Gasteiger partial charge in [0.05, 0.1) is 5.16 Å². The molecule has 44 valence electrons. The average molecular weight is 163 g/mol. The summed E-state index contributed by atoms with van der Waals surface area (Å²) >= 11 is 10.5. The Balaban J connectivity index is 3.49. The Morgan fingerprint density at radius 2 is 2.50 bits per heavy atom. The lowest BCUT2D eigenvalue weighted by Crippen LogP contribution is -1.78. The van der Waals surface area contributed by atoms with Crippen molar-refractivity contribution in [2.24, 2.45) is 4.99 Å². The van der Waals surface area contributed by atoms with Crippen LogP contribution in [0.3, 0.4) is 0 Å². The van der Waals surface area contributed by atoms with Gasteiger partial charge in [-0.25, -0.2) is 0 Å². The van der Waals surface area contributed by atoms with Crippen molar-refractivity contribution in [1.82, 2.24) is 0 Å². The molecule has 1 nitrogen and oxygen atoms in total. The highest BCUT2D eigenvalue weighted by atomic mass is 32.2. The Labute approximate surface area is 63.6 Å². The molecule has 0 amide bonds. The molecule has 0 rings (SSSR count). The van der Waals surface area contributed by atoms with E-state index in [4.69, 9.17) is 12.2 Å². The smallest absolute Gasteiger partial charge is 0.170 e. The van der Waals surface area contributed by atoms with E-state index < -0.39 is 0 Å². The lowest BCUT2D eigenvalue weighted by Gasteiger charge is -1.85. The van der Waals surface area contributed by atoms with Crippen LogP contribution >= 0.6 is 36.2 Å². The number of hydrogen-bond donors (Lipinski definition) is 0. The molecule has 0 heterocycles. The molecule has 0 N–H and O–H groups in total. The number of aliphatic imine (C=N–C) groups is 1. The minimum absolute atomic E-state index is 0.572. The molecule has 0 spiro atoms. The van der Waals surface area contributed by atoms with E-state index in [2.05, 4.69) is 22.4 Å². The molecule has 0 aromatic rings. The maximum absolute atomic E-state index is 4.72. The fourth-order valence-electron chi connectivity index (χ4n) is 0.193. The van der Waals surface area contributed by atoms with Gasteiger partial charge in [0, 0.05) is 0 Å². The molecule has 0 aliphatic rings. The van der Waals surface area contributed by atoms with Gasteiger partial charge in [0.25, 0.3) is 0 Å². The van der Waals surface area contributed by atoms with Crippen LogP contribution in [0.15, 0.2) is 4.99 Å². The third-order valence-electron chi connectivity index (χ3n) is 0.405. The highest BCUT2D eigenvalue weighted by molar-refractivity contribution is 8.23. The fraction of sp³-hybridized carbons (Fsp3) is 0.500. The molecule has 0 aromatic heterocycles. The van der Waals surface area contributed by atoms with E-state index in [0.717, 1.165) is 5.75 Å². The van der Waals surface area contributed by atoms with Gasteiger partial charge < -0.3 is 0 Å². The number of rotatable bonds is 1. The number of thioether (sulfide) groups is 1. The topological polar surface area (TPSA) is 12.4 Å². The van der Waals surface area contributed by atoms with E-state index in [1.54, 1.807) is 0 Å². The van der Waals surface area contributed by atoms with E-state index in [-0.39, 0.29) is 0 Å². The summed E-state index contributed by atoms with van der Waals surface area (Å²) in [6.07, 6.45) is 0. The van der Waals surface area contributed by atoms with Crippen LogP contribution in [0.5, 0.6) is 0 Å². The zero-order valence-electron chi connectivity index (χ0n) is 4.38. The van der Waals surface area contributed by atoms with Crippen molar-refractivity contribution in [3.8, 4) is 0 Å². The van der Waals surface area contributed by atoms with Crippen LogP contribution < -0.4 is 0 Å². The zero-order valence-corrected chi connectivity index (χ0v) is 6.83. The SMILES string of the molecule is CCSC(=S)N=C=S. The summed E-state index contributed by atoms with van der Waals surface area (Å²) in [6.45, 7) is 2.01. The average Bonchev–Trinajstić information content (AvgIpc) is 1.68. The van der Waals surface area contributed by atoms with Crippen molar-refractivity contribution < 1.29 is 0 Å². The molecule has 0 saturated carbocycles. The molecular weight excluding hydrogens is 158 g/mol. The van der Waals surface area contributed by atoms with Crippen LogP contribution in [0.4, 0.5) is 0 Å². The first-order chi connectivity index (χ1) is 3.81. The van der Waals surface area contributed by atoms with Gasteiger partial charge in [0.15, 0.2) is 4.32 Å². The molecule has 0 fully saturated rings. The van der Waals surface area contributed by atoms with Gasteiger partial charge in [-0.1, -0.05) is 18.7 Å². The molecule has 0 atom stereocenters. The molecule has 0 saturated heterocycles. The van der Waals surface area contributed by atoms with E-state index >= 15 is 0 Å². The first-order valence-electron chi connectivity index (χ1n) is 2.06. The molecule has 8 heavy (non-hydrogen) atoms. The van der Waals surface area contributed by atoms with Gasteiger partial charge in [-0.2, -0.15) is 4.99 Å². The maximum Gasteiger partial charge on any atom is 0.170 e. The summed E-state index contributed by atoms with van der Waals surface area (Å²) in [7, 11) is 0. The lowest BCUT2D eigenvalue weighted by molar-refractivity contribution is 1.54. The van der Waals surface area contributed by atoms with Crippen molar-refractivity contribution >= 4 is 45.7 Å². The fourth-order valence-corrected chi connectivity index (χ4v) is 1.16. The Morgan fingerprint density at radius 1 is 1.88 bits per heavy atom. The maximum atomic E-state index is 4.72. The predicted octanol–water partition coefficient (Wildman–Crippen LogP) is 2.13. The number of hydrogen-bond acceptors (Lipinski definition) is 3. The van der Waals surface area contributed by atoms with Gasteiger partial charge in [-0.15, -0.1) is 0 Å². The van der Waals surface area contributed by atoms with Crippen LogP contribution in [0, 0.1) is 0 Å². The van der Waals surface area contributed by atoms with E-state index in [0.29, 0.717) is 4.32 Å². The number of nitrogens with zero attached hydrogens (tertiary/aromatic N) is 1. The van der Waals surface area contributed by atoms with Gasteiger partial charge in [-0.3, -0.25) is 0 Å². The van der Waals surface area contributed by atoms with Crippen LogP contribution in [-0.4, -0.2) is 15.2 Å². The molecule has 4 heteroatoms. The lowest BCUT2D eigenvalue weighted by atomic mass is 11.0. The van der Waals surface area contributed by atoms with Crippen molar-refractivity contribution in [3.05, 3.63) is 0 Å². The third kappa shape index (κ3) is 4.40. The van der Waals surface area contributed by atoms with Gasteiger partial charge >= 0.3 is 0 Å². The largest absolute Gasteiger partial charge is 0.176 e. The quantitative estimate of drug-likeness (QED) is 0.434. The summed E-state index contributed by atoms with van der Waals surface area (Å²) < 4.78 is 0.572. The first kappa shape index (κ1) is 8.24. The minimum atomic E-state index is 0.572. The number of thiocarbonyl (C=S) groups is 2. The predicted molar refractivity (Wildman–Crippen MR) is 45.8 cm³/mol. The summed E-state index contributed by atoms with van der Waals surface area (Å²) in [5.74, 6) is 0.944. The van der Waals surface area contributed by atoms with Crippen molar-refractivity contribution in [3.63, 3.8) is 0 Å². The Bertz CT molecular complexity index is 125. The highest BCUT2D eigenvalue weighted by Gasteiger charge is 1.86. The second-order valence-electron chi connectivity index (χ2n) is 0.902. The summed E-state index contributed by atoms with van der Waals surface area (Å²) in [4.78, 5) is 3.57. The van der Waals surface area contributed by atoms with E-state index in [9.17, 15) is 0 Å². The highest BCUT2D eigenvalue weighted by Crippen LogP contribution is 2.02. The second-order valence-corrected chi connectivity index (χ2v) is 2.98. The normalized spacial score (nSPS) is 7.62. The van der Waals surface area contributed by atoms with Crippen molar-refractivity contribution in [2.45, 2.75) is 6.92 Å². The standard InChI is InChI=1S/C4H5NS3/c1-2-8-4(7)5-3-6/h2H2,1H3. The van der Waals surface area contributed by atoms with Gasteiger partial charge in [0.1, 0.15) is 0 Å². The molecule has 0 aliphatic carbocycles. The molecule has 0 aliphatic heterocycles. The summed E-state index contributed by atoms with van der Waals surface area (Å²) in [5.41, 5.74) is 0. The van der Waals surface area contributed by atoms with E-state index in [1.165, 1.54) is 11.8 Å². The minimum Gasteiger partial charge on any atom is -0.176 e. The monoisotopic (exact) mass is 163 g/mol. The first-order valence-corrected chi connectivity index (χ1v) is 3.86. The van der Waals surface area contributed by atoms with Gasteiger partial charge in [-0.05, 0) is 30.2 Å². The van der Waals surface area contributed by atoms with Crippen LogP contribution in [0.2, 0.25) is 0 Å². The van der Waals surface area contributed by atoms with Crippen molar-refractivity contribution in [2.75, 3.05) is 5.75 Å². The molecule has 0 radical (unpaired) electrons. The molecular formula is C4H5NS3. The summed E-state index contributed by atoms with van der Waals surface area (Å²) in [5, 5.41) is 2.20. The summed E-state index contributed by atoms with van der Waals surface area (Å²) in [6, 6.07) is 0. The van der Waals surface area contributed by atoms with Crippen LogP contribution in [-0.2, 0) is 0 Å². The Morgan fingerprint density at radius 3 is 2.88 bits per heavy atom. The van der Waals surface area contributed by atoms with Crippen molar-refractivity contribution in [1.29, 1.82) is 0 Å². The Kier molecular flexibility index (Phi) is 5.54.